The number of nitrogens with zero attached hydrogens (tertiary/aromatic N) is 5. The number of thiazole rings is 1. The number of aromatic nitrogens is 4. The normalized spacial score (nSPS) is 18.0. The van der Waals surface area contributed by atoms with Gasteiger partial charge in [-0.1, -0.05) is 0 Å². The summed E-state index contributed by atoms with van der Waals surface area (Å²) in [6.07, 6.45) is 5.43. The summed E-state index contributed by atoms with van der Waals surface area (Å²) in [7, 11) is 0. The van der Waals surface area contributed by atoms with Gasteiger partial charge in [-0.3, -0.25) is 4.79 Å². The molecular weight excluding hydrogens is 334 g/mol. The van der Waals surface area contributed by atoms with Crippen LogP contribution in [0.2, 0.25) is 0 Å². The summed E-state index contributed by atoms with van der Waals surface area (Å²) >= 11 is 1.59. The molecule has 0 bridgehead atoms. The highest BCUT2D eigenvalue weighted by Gasteiger charge is 2.29. The van der Waals surface area contributed by atoms with Gasteiger partial charge in [0, 0.05) is 24.2 Å². The van der Waals surface area contributed by atoms with Gasteiger partial charge in [0.1, 0.15) is 0 Å². The number of hydrogen-bond donors (Lipinski definition) is 0. The smallest absolute Gasteiger partial charge is 0.229 e. The van der Waals surface area contributed by atoms with E-state index in [-0.39, 0.29) is 11.9 Å². The Morgan fingerprint density at radius 1 is 1.32 bits per heavy atom. The fourth-order valence-corrected chi connectivity index (χ4v) is 4.09. The lowest BCUT2D eigenvalue weighted by molar-refractivity contribution is -0.134. The first-order valence-corrected chi connectivity index (χ1v) is 9.51. The second kappa shape index (κ2) is 6.55. The maximum absolute atomic E-state index is 12.9. The van der Waals surface area contributed by atoms with Crippen molar-refractivity contribution < 1.29 is 4.79 Å². The summed E-state index contributed by atoms with van der Waals surface area (Å²) in [6.45, 7) is 4.72. The first-order chi connectivity index (χ1) is 12.1. The van der Waals surface area contributed by atoms with E-state index in [2.05, 4.69) is 10.1 Å². The summed E-state index contributed by atoms with van der Waals surface area (Å²) in [4.78, 5) is 24.0. The molecule has 1 atom stereocenters. The molecule has 25 heavy (non-hydrogen) atoms. The summed E-state index contributed by atoms with van der Waals surface area (Å²) in [6, 6.07) is 4.00. The number of fused-ring (bicyclic) bond motifs is 1. The Hall–Kier alpha value is -2.28. The molecule has 3 aromatic heterocycles. The first-order valence-electron chi connectivity index (χ1n) is 8.63. The van der Waals surface area contributed by atoms with Crippen LogP contribution in [-0.4, -0.2) is 36.9 Å². The molecule has 4 heterocycles. The third-order valence-corrected chi connectivity index (χ3v) is 5.45. The molecular formula is C18H21N5OS. The fraction of sp³-hybridized carbons (Fsp3) is 0.444. The van der Waals surface area contributed by atoms with E-state index in [1.54, 1.807) is 15.9 Å². The van der Waals surface area contributed by atoms with Gasteiger partial charge in [-0.15, -0.1) is 11.3 Å². The van der Waals surface area contributed by atoms with Crippen molar-refractivity contribution in [3.8, 4) is 0 Å². The van der Waals surface area contributed by atoms with Crippen molar-refractivity contribution in [1.82, 2.24) is 24.5 Å². The topological polar surface area (TPSA) is 63.4 Å². The van der Waals surface area contributed by atoms with E-state index >= 15 is 0 Å². The van der Waals surface area contributed by atoms with Gasteiger partial charge in [0.15, 0.2) is 5.65 Å². The summed E-state index contributed by atoms with van der Waals surface area (Å²) in [5, 5.41) is 7.36. The predicted molar refractivity (Wildman–Crippen MR) is 96.6 cm³/mol. The third-order valence-electron chi connectivity index (χ3n) is 4.63. The highest BCUT2D eigenvalue weighted by atomic mass is 32.1. The lowest BCUT2D eigenvalue weighted by atomic mass is 9.98. The van der Waals surface area contributed by atoms with Gasteiger partial charge in [-0.2, -0.15) is 5.10 Å². The minimum absolute atomic E-state index is 0.0428. The van der Waals surface area contributed by atoms with E-state index in [4.69, 9.17) is 4.98 Å². The zero-order chi connectivity index (χ0) is 17.4. The molecule has 0 aromatic carbocycles. The lowest BCUT2D eigenvalue weighted by Crippen LogP contribution is -2.39. The second-order valence-electron chi connectivity index (χ2n) is 6.57. The Balaban J connectivity index is 1.59. The molecule has 1 fully saturated rings. The van der Waals surface area contributed by atoms with Crippen molar-refractivity contribution in [2.24, 2.45) is 0 Å². The van der Waals surface area contributed by atoms with Gasteiger partial charge in [0.25, 0.3) is 0 Å². The lowest BCUT2D eigenvalue weighted by Gasteiger charge is -2.35. The van der Waals surface area contributed by atoms with Gasteiger partial charge in [0.2, 0.25) is 5.91 Å². The molecule has 4 rings (SSSR count). The fourth-order valence-electron chi connectivity index (χ4n) is 3.48. The van der Waals surface area contributed by atoms with Crippen LogP contribution >= 0.6 is 11.3 Å². The highest BCUT2D eigenvalue weighted by Crippen LogP contribution is 2.30. The molecule has 0 N–H and O–H groups in total. The number of piperidine rings is 1. The minimum atomic E-state index is 0.0428. The molecule has 0 unspecified atom stereocenters. The number of aryl methyl sites for hydroxylation is 2. The van der Waals surface area contributed by atoms with Crippen LogP contribution in [0.5, 0.6) is 0 Å². The largest absolute Gasteiger partial charge is 0.334 e. The maximum Gasteiger partial charge on any atom is 0.229 e. The van der Waals surface area contributed by atoms with Crippen LogP contribution in [0.1, 0.15) is 47.4 Å². The summed E-state index contributed by atoms with van der Waals surface area (Å²) < 4.78 is 1.78. The van der Waals surface area contributed by atoms with E-state index < -0.39 is 0 Å². The average molecular weight is 355 g/mol. The van der Waals surface area contributed by atoms with Crippen LogP contribution in [0, 0.1) is 13.8 Å². The predicted octanol–water partition coefficient (Wildman–Crippen LogP) is 3.10. The number of carbonyl (C=O) groups is 1. The molecule has 6 nitrogen and oxygen atoms in total. The van der Waals surface area contributed by atoms with E-state index in [9.17, 15) is 4.79 Å². The van der Waals surface area contributed by atoms with E-state index in [1.807, 2.05) is 42.5 Å². The Morgan fingerprint density at radius 3 is 3.00 bits per heavy atom. The highest BCUT2D eigenvalue weighted by molar-refractivity contribution is 7.09. The first kappa shape index (κ1) is 16.2. The number of likely N-dealkylation sites (tertiary alicyclic amines) is 1. The van der Waals surface area contributed by atoms with Crippen LogP contribution in [0.3, 0.4) is 0 Å². The van der Waals surface area contributed by atoms with Gasteiger partial charge < -0.3 is 4.90 Å². The van der Waals surface area contributed by atoms with Crippen LogP contribution in [-0.2, 0) is 11.2 Å². The molecule has 0 spiro atoms. The Kier molecular flexibility index (Phi) is 4.25. The molecule has 130 valence electrons. The standard InChI is InChI=1S/C18H21N5OS/c1-12-9-17-20-15(6-8-23(17)21-12)16-5-3-4-7-22(16)18(24)10-14-11-25-13(2)19-14/h6,8-9,11,16H,3-5,7,10H2,1-2H3/t16-/m1/s1. The van der Waals surface area contributed by atoms with E-state index in [1.165, 1.54) is 0 Å². The van der Waals surface area contributed by atoms with Crippen LogP contribution in [0.15, 0.2) is 23.7 Å². The quantitative estimate of drug-likeness (QED) is 0.724. The zero-order valence-corrected chi connectivity index (χ0v) is 15.3. The average Bonchev–Trinajstić information content (AvgIpc) is 3.18. The second-order valence-corrected chi connectivity index (χ2v) is 7.64. The van der Waals surface area contributed by atoms with Crippen LogP contribution < -0.4 is 0 Å². The Labute approximate surface area is 150 Å². The maximum atomic E-state index is 12.9. The van der Waals surface area contributed by atoms with Gasteiger partial charge in [-0.25, -0.2) is 14.5 Å². The molecule has 1 aliphatic rings. The molecule has 7 heteroatoms. The van der Waals surface area contributed by atoms with Crippen molar-refractivity contribution in [2.45, 2.75) is 45.6 Å². The van der Waals surface area contributed by atoms with Gasteiger partial charge >= 0.3 is 0 Å². The molecule has 0 saturated carbocycles. The molecule has 1 aliphatic heterocycles. The molecule has 0 aliphatic carbocycles. The molecule has 3 aromatic rings. The monoisotopic (exact) mass is 355 g/mol. The van der Waals surface area contributed by atoms with Crippen LogP contribution in [0.4, 0.5) is 0 Å². The SMILES string of the molecule is Cc1cc2nc([C@H]3CCCCN3C(=O)Cc3csc(C)n3)ccn2n1. The molecule has 1 amide bonds. The van der Waals surface area contributed by atoms with Gasteiger partial charge in [0.05, 0.1) is 34.6 Å². The Morgan fingerprint density at radius 2 is 2.20 bits per heavy atom. The molecule has 1 saturated heterocycles. The number of amides is 1. The van der Waals surface area contributed by atoms with Crippen molar-refractivity contribution in [3.63, 3.8) is 0 Å². The van der Waals surface area contributed by atoms with Gasteiger partial charge in [-0.05, 0) is 39.2 Å². The van der Waals surface area contributed by atoms with E-state index in [0.29, 0.717) is 6.42 Å². The van der Waals surface area contributed by atoms with Crippen molar-refractivity contribution in [2.75, 3.05) is 6.54 Å². The number of hydrogen-bond acceptors (Lipinski definition) is 5. The van der Waals surface area contributed by atoms with Crippen molar-refractivity contribution in [1.29, 1.82) is 0 Å². The number of rotatable bonds is 3. The van der Waals surface area contributed by atoms with Crippen molar-refractivity contribution >= 4 is 22.9 Å². The van der Waals surface area contributed by atoms with E-state index in [0.717, 1.165) is 53.5 Å². The Bertz CT molecular complexity index is 915. The number of carbonyl (C=O) groups excluding carboxylic acids is 1. The third kappa shape index (κ3) is 3.28. The minimum Gasteiger partial charge on any atom is -0.334 e. The molecule has 0 radical (unpaired) electrons. The summed E-state index contributed by atoms with van der Waals surface area (Å²) in [5.74, 6) is 0.140. The van der Waals surface area contributed by atoms with Crippen molar-refractivity contribution in [3.05, 3.63) is 45.8 Å². The summed E-state index contributed by atoms with van der Waals surface area (Å²) in [5.41, 5.74) is 3.60. The van der Waals surface area contributed by atoms with Crippen LogP contribution in [0.25, 0.3) is 5.65 Å². The zero-order valence-electron chi connectivity index (χ0n) is 14.5.